The van der Waals surface area contributed by atoms with Crippen LogP contribution in [0.4, 0.5) is 0 Å². The summed E-state index contributed by atoms with van der Waals surface area (Å²) in [5.74, 6) is 1.42. The van der Waals surface area contributed by atoms with Gasteiger partial charge in [-0.1, -0.05) is 12.1 Å². The van der Waals surface area contributed by atoms with Crippen LogP contribution in [0, 0.1) is 0 Å². The highest BCUT2D eigenvalue weighted by Crippen LogP contribution is 2.30. The first kappa shape index (κ1) is 19.7. The van der Waals surface area contributed by atoms with E-state index in [2.05, 4.69) is 4.90 Å². The molecule has 1 saturated heterocycles. The van der Waals surface area contributed by atoms with Gasteiger partial charge < -0.3 is 14.2 Å². The van der Waals surface area contributed by atoms with E-state index in [1.54, 1.807) is 31.4 Å². The van der Waals surface area contributed by atoms with Gasteiger partial charge in [-0.2, -0.15) is 0 Å². The van der Waals surface area contributed by atoms with Crippen LogP contribution in [0.15, 0.2) is 47.4 Å². The molecular formula is C20H25NO5S. The zero-order valence-corrected chi connectivity index (χ0v) is 16.5. The second kappa shape index (κ2) is 8.73. The van der Waals surface area contributed by atoms with Crippen molar-refractivity contribution in [2.75, 3.05) is 52.8 Å². The SMILES string of the molecule is COc1cc(OCCN2CCOCC2)cc(-c2ccc(S(C)(=O)=O)cc2)c1. The van der Waals surface area contributed by atoms with Crippen molar-refractivity contribution in [1.29, 1.82) is 0 Å². The highest BCUT2D eigenvalue weighted by Gasteiger charge is 2.11. The van der Waals surface area contributed by atoms with Crippen molar-refractivity contribution in [3.05, 3.63) is 42.5 Å². The normalized spacial score (nSPS) is 15.5. The second-order valence-corrected chi connectivity index (χ2v) is 8.51. The van der Waals surface area contributed by atoms with Gasteiger partial charge in [0.2, 0.25) is 0 Å². The van der Waals surface area contributed by atoms with Gasteiger partial charge in [0.1, 0.15) is 18.1 Å². The molecule has 1 heterocycles. The average molecular weight is 391 g/mol. The molecule has 7 heteroatoms. The third kappa shape index (κ3) is 5.45. The van der Waals surface area contributed by atoms with E-state index in [1.807, 2.05) is 18.2 Å². The Morgan fingerprint density at radius 1 is 1.00 bits per heavy atom. The highest BCUT2D eigenvalue weighted by molar-refractivity contribution is 7.90. The standard InChI is InChI=1S/C20H25NO5S/c1-24-18-13-17(16-3-5-20(6-4-16)27(2,22)23)14-19(15-18)26-12-9-21-7-10-25-11-8-21/h3-6,13-15H,7-12H2,1-2H3. The molecule has 0 radical (unpaired) electrons. The Morgan fingerprint density at radius 2 is 1.67 bits per heavy atom. The number of morpholine rings is 1. The Labute approximate surface area is 160 Å². The molecule has 1 aliphatic rings. The summed E-state index contributed by atoms with van der Waals surface area (Å²) in [5.41, 5.74) is 1.81. The summed E-state index contributed by atoms with van der Waals surface area (Å²) in [6, 6.07) is 12.5. The van der Waals surface area contributed by atoms with Crippen molar-refractivity contribution in [3.8, 4) is 22.6 Å². The molecule has 2 aromatic rings. The largest absolute Gasteiger partial charge is 0.497 e. The Bertz CT molecular complexity index is 858. The Morgan fingerprint density at radius 3 is 2.30 bits per heavy atom. The smallest absolute Gasteiger partial charge is 0.175 e. The first-order valence-corrected chi connectivity index (χ1v) is 10.8. The molecular weight excluding hydrogens is 366 g/mol. The molecule has 1 aliphatic heterocycles. The van der Waals surface area contributed by atoms with E-state index >= 15 is 0 Å². The fourth-order valence-corrected chi connectivity index (χ4v) is 3.58. The van der Waals surface area contributed by atoms with Gasteiger partial charge in [-0.05, 0) is 35.4 Å². The lowest BCUT2D eigenvalue weighted by atomic mass is 10.1. The third-order valence-corrected chi connectivity index (χ3v) is 5.64. The predicted octanol–water partition coefficient (Wildman–Crippen LogP) is 2.48. The molecule has 27 heavy (non-hydrogen) atoms. The van der Waals surface area contributed by atoms with Crippen molar-refractivity contribution in [2.24, 2.45) is 0 Å². The fourth-order valence-electron chi connectivity index (χ4n) is 2.95. The van der Waals surface area contributed by atoms with Crippen molar-refractivity contribution in [2.45, 2.75) is 4.90 Å². The number of sulfone groups is 1. The van der Waals surface area contributed by atoms with Crippen LogP contribution in [-0.2, 0) is 14.6 Å². The van der Waals surface area contributed by atoms with Crippen LogP contribution in [-0.4, -0.2) is 66.1 Å². The number of rotatable bonds is 7. The minimum atomic E-state index is -3.21. The van der Waals surface area contributed by atoms with Gasteiger partial charge in [0, 0.05) is 32.0 Å². The zero-order valence-electron chi connectivity index (χ0n) is 15.7. The summed E-state index contributed by atoms with van der Waals surface area (Å²) in [6.07, 6.45) is 1.20. The molecule has 2 aromatic carbocycles. The van der Waals surface area contributed by atoms with E-state index in [1.165, 1.54) is 6.26 Å². The van der Waals surface area contributed by atoms with Crippen LogP contribution in [0.1, 0.15) is 0 Å². The number of methoxy groups -OCH3 is 1. The topological polar surface area (TPSA) is 65.1 Å². The number of ether oxygens (including phenoxy) is 3. The van der Waals surface area contributed by atoms with Crippen LogP contribution in [0.3, 0.4) is 0 Å². The molecule has 0 saturated carbocycles. The summed E-state index contributed by atoms with van der Waals surface area (Å²) < 4.78 is 39.9. The monoisotopic (exact) mass is 391 g/mol. The number of hydrogen-bond acceptors (Lipinski definition) is 6. The molecule has 0 aromatic heterocycles. The minimum absolute atomic E-state index is 0.302. The first-order chi connectivity index (χ1) is 13.0. The summed E-state index contributed by atoms with van der Waals surface area (Å²) in [7, 11) is -1.59. The summed E-state index contributed by atoms with van der Waals surface area (Å²) in [4.78, 5) is 2.62. The zero-order chi connectivity index (χ0) is 19.3. The lowest BCUT2D eigenvalue weighted by Crippen LogP contribution is -2.38. The second-order valence-electron chi connectivity index (χ2n) is 6.50. The highest BCUT2D eigenvalue weighted by atomic mass is 32.2. The van der Waals surface area contributed by atoms with E-state index in [0.717, 1.165) is 49.7 Å². The summed E-state index contributed by atoms with van der Waals surface area (Å²) in [5, 5.41) is 0. The molecule has 6 nitrogen and oxygen atoms in total. The van der Waals surface area contributed by atoms with Crippen LogP contribution in [0.2, 0.25) is 0 Å². The maximum Gasteiger partial charge on any atom is 0.175 e. The van der Waals surface area contributed by atoms with E-state index in [0.29, 0.717) is 17.3 Å². The van der Waals surface area contributed by atoms with Gasteiger partial charge >= 0.3 is 0 Å². The fraction of sp³-hybridized carbons (Fsp3) is 0.400. The van der Waals surface area contributed by atoms with Gasteiger partial charge in [0.15, 0.2) is 9.84 Å². The molecule has 3 rings (SSSR count). The van der Waals surface area contributed by atoms with Crippen molar-refractivity contribution in [3.63, 3.8) is 0 Å². The van der Waals surface area contributed by atoms with Gasteiger partial charge in [-0.15, -0.1) is 0 Å². The minimum Gasteiger partial charge on any atom is -0.497 e. The van der Waals surface area contributed by atoms with Crippen molar-refractivity contribution >= 4 is 9.84 Å². The molecule has 0 unspecified atom stereocenters. The summed E-state index contributed by atoms with van der Waals surface area (Å²) in [6.45, 7) is 4.83. The van der Waals surface area contributed by atoms with Gasteiger partial charge in [-0.25, -0.2) is 8.42 Å². The maximum atomic E-state index is 11.6. The van der Waals surface area contributed by atoms with Gasteiger partial charge in [0.25, 0.3) is 0 Å². The third-order valence-electron chi connectivity index (χ3n) is 4.51. The van der Waals surface area contributed by atoms with Crippen LogP contribution in [0.5, 0.6) is 11.5 Å². The Kier molecular flexibility index (Phi) is 6.36. The molecule has 0 aliphatic carbocycles. The van der Waals surface area contributed by atoms with E-state index in [4.69, 9.17) is 14.2 Å². The lowest BCUT2D eigenvalue weighted by molar-refractivity contribution is 0.0322. The van der Waals surface area contributed by atoms with E-state index < -0.39 is 9.84 Å². The van der Waals surface area contributed by atoms with Gasteiger partial charge in [-0.3, -0.25) is 4.90 Å². The Hall–Kier alpha value is -2.09. The molecule has 0 bridgehead atoms. The maximum absolute atomic E-state index is 11.6. The van der Waals surface area contributed by atoms with Gasteiger partial charge in [0.05, 0.1) is 25.2 Å². The average Bonchev–Trinajstić information content (AvgIpc) is 2.68. The lowest BCUT2D eigenvalue weighted by Gasteiger charge is -2.26. The molecule has 0 amide bonds. The molecule has 0 N–H and O–H groups in total. The van der Waals surface area contributed by atoms with Crippen LogP contribution >= 0.6 is 0 Å². The van der Waals surface area contributed by atoms with Crippen molar-refractivity contribution in [1.82, 2.24) is 4.90 Å². The number of benzene rings is 2. The summed E-state index contributed by atoms with van der Waals surface area (Å²) >= 11 is 0. The quantitative estimate of drug-likeness (QED) is 0.723. The number of nitrogens with zero attached hydrogens (tertiary/aromatic N) is 1. The Balaban J connectivity index is 1.72. The van der Waals surface area contributed by atoms with Crippen molar-refractivity contribution < 1.29 is 22.6 Å². The van der Waals surface area contributed by atoms with E-state index in [-0.39, 0.29) is 0 Å². The van der Waals surface area contributed by atoms with E-state index in [9.17, 15) is 8.42 Å². The molecule has 0 spiro atoms. The van der Waals surface area contributed by atoms with Crippen LogP contribution in [0.25, 0.3) is 11.1 Å². The molecule has 0 atom stereocenters. The van der Waals surface area contributed by atoms with Crippen LogP contribution < -0.4 is 9.47 Å². The predicted molar refractivity (Wildman–Crippen MR) is 104 cm³/mol. The molecule has 146 valence electrons. The number of hydrogen-bond donors (Lipinski definition) is 0. The molecule has 1 fully saturated rings. The first-order valence-electron chi connectivity index (χ1n) is 8.88.